The van der Waals surface area contributed by atoms with Crippen LogP contribution in [0, 0.1) is 0 Å². The molecule has 0 spiro atoms. The third-order valence-electron chi connectivity index (χ3n) is 4.84. The molecule has 4 heteroatoms. The van der Waals surface area contributed by atoms with E-state index in [4.69, 9.17) is 21.1 Å². The summed E-state index contributed by atoms with van der Waals surface area (Å²) < 4.78 is 11.7. The molecule has 0 unspecified atom stereocenters. The summed E-state index contributed by atoms with van der Waals surface area (Å²) >= 11 is 5.93. The molecule has 1 N–H and O–H groups in total. The zero-order chi connectivity index (χ0) is 21.3. The number of anilines is 1. The number of rotatable bonds is 9. The molecule has 0 saturated carbocycles. The Morgan fingerprint density at radius 2 is 1.06 bits per heavy atom. The highest BCUT2D eigenvalue weighted by atomic mass is 35.5. The number of halogens is 1. The molecule has 0 saturated heterocycles. The van der Waals surface area contributed by atoms with Gasteiger partial charge in [0.05, 0.1) is 0 Å². The number of benzene rings is 4. The number of hydrogen-bond acceptors (Lipinski definition) is 3. The van der Waals surface area contributed by atoms with Crippen LogP contribution in [0.25, 0.3) is 0 Å². The topological polar surface area (TPSA) is 30.5 Å². The second-order valence-corrected chi connectivity index (χ2v) is 7.65. The van der Waals surface area contributed by atoms with Gasteiger partial charge in [-0.3, -0.25) is 0 Å². The van der Waals surface area contributed by atoms with Crippen molar-refractivity contribution in [2.45, 2.75) is 19.8 Å². The lowest BCUT2D eigenvalue weighted by molar-refractivity contribution is 0.297. The molecular formula is C27H24ClNO2. The first-order chi connectivity index (χ1) is 15.2. The minimum absolute atomic E-state index is 0.516. The normalized spacial score (nSPS) is 10.5. The Hall–Kier alpha value is -3.43. The van der Waals surface area contributed by atoms with Crippen molar-refractivity contribution in [1.82, 2.24) is 0 Å². The Morgan fingerprint density at radius 3 is 1.65 bits per heavy atom. The number of hydrogen-bond donors (Lipinski definition) is 1. The minimum Gasteiger partial charge on any atom is -0.489 e. The Labute approximate surface area is 188 Å². The van der Waals surface area contributed by atoms with Crippen LogP contribution in [0.15, 0.2) is 103 Å². The molecule has 0 aliphatic rings. The molecule has 4 aromatic rings. The monoisotopic (exact) mass is 429 g/mol. The molecule has 0 aromatic heterocycles. The van der Waals surface area contributed by atoms with E-state index in [0.29, 0.717) is 13.2 Å². The molecule has 3 nitrogen and oxygen atoms in total. The SMILES string of the molecule is Clc1ccc(CNc2ccc(COc3ccc(OCc4ccccc4)cc3)cc2)cc1. The van der Waals surface area contributed by atoms with Crippen LogP contribution >= 0.6 is 11.6 Å². The fraction of sp³-hybridized carbons (Fsp3) is 0.111. The third-order valence-corrected chi connectivity index (χ3v) is 5.09. The van der Waals surface area contributed by atoms with Crippen LogP contribution in [-0.4, -0.2) is 0 Å². The van der Waals surface area contributed by atoms with E-state index in [9.17, 15) is 0 Å². The van der Waals surface area contributed by atoms with Crippen molar-refractivity contribution in [2.24, 2.45) is 0 Å². The predicted octanol–water partition coefficient (Wildman–Crippen LogP) is 7.11. The largest absolute Gasteiger partial charge is 0.489 e. The lowest BCUT2D eigenvalue weighted by Gasteiger charge is -2.10. The molecule has 0 atom stereocenters. The van der Waals surface area contributed by atoms with Crippen molar-refractivity contribution in [3.63, 3.8) is 0 Å². The van der Waals surface area contributed by atoms with E-state index in [1.165, 1.54) is 5.56 Å². The minimum atomic E-state index is 0.516. The molecule has 0 aliphatic carbocycles. The quantitative estimate of drug-likeness (QED) is 0.307. The first-order valence-corrected chi connectivity index (χ1v) is 10.6. The Balaban J connectivity index is 1.22. The van der Waals surface area contributed by atoms with Gasteiger partial charge in [0, 0.05) is 17.3 Å². The summed E-state index contributed by atoms with van der Waals surface area (Å²) in [7, 11) is 0. The van der Waals surface area contributed by atoms with E-state index in [2.05, 4.69) is 41.7 Å². The molecular weight excluding hydrogens is 406 g/mol. The van der Waals surface area contributed by atoms with Crippen LogP contribution < -0.4 is 14.8 Å². The molecule has 0 fully saturated rings. The average molecular weight is 430 g/mol. The van der Waals surface area contributed by atoms with Gasteiger partial charge < -0.3 is 14.8 Å². The third kappa shape index (κ3) is 6.53. The van der Waals surface area contributed by atoms with Crippen molar-refractivity contribution in [3.05, 3.63) is 125 Å². The average Bonchev–Trinajstić information content (AvgIpc) is 2.83. The van der Waals surface area contributed by atoms with Gasteiger partial charge in [-0.25, -0.2) is 0 Å². The summed E-state index contributed by atoms with van der Waals surface area (Å²) in [5, 5.41) is 4.17. The highest BCUT2D eigenvalue weighted by Gasteiger charge is 2.00. The van der Waals surface area contributed by atoms with Crippen molar-refractivity contribution < 1.29 is 9.47 Å². The molecule has 31 heavy (non-hydrogen) atoms. The highest BCUT2D eigenvalue weighted by Crippen LogP contribution is 2.20. The first kappa shape index (κ1) is 20.8. The van der Waals surface area contributed by atoms with Crippen molar-refractivity contribution in [3.8, 4) is 11.5 Å². The maximum Gasteiger partial charge on any atom is 0.120 e. The number of nitrogens with one attached hydrogen (secondary N) is 1. The van der Waals surface area contributed by atoms with E-state index >= 15 is 0 Å². The zero-order valence-corrected chi connectivity index (χ0v) is 17.9. The molecule has 0 radical (unpaired) electrons. The molecule has 156 valence electrons. The van der Waals surface area contributed by atoms with Crippen LogP contribution in [0.4, 0.5) is 5.69 Å². The van der Waals surface area contributed by atoms with Gasteiger partial charge in [0.15, 0.2) is 0 Å². The van der Waals surface area contributed by atoms with Crippen molar-refractivity contribution >= 4 is 17.3 Å². The van der Waals surface area contributed by atoms with Crippen LogP contribution in [0.2, 0.25) is 5.02 Å². The first-order valence-electron chi connectivity index (χ1n) is 10.2. The van der Waals surface area contributed by atoms with E-state index in [0.717, 1.165) is 39.9 Å². The van der Waals surface area contributed by atoms with Gasteiger partial charge in [0.2, 0.25) is 0 Å². The highest BCUT2D eigenvalue weighted by molar-refractivity contribution is 6.30. The Bertz CT molecular complexity index is 1060. The molecule has 0 amide bonds. The van der Waals surface area contributed by atoms with Gasteiger partial charge in [-0.15, -0.1) is 0 Å². The summed E-state index contributed by atoms with van der Waals surface area (Å²) in [6.07, 6.45) is 0. The van der Waals surface area contributed by atoms with Gasteiger partial charge >= 0.3 is 0 Å². The van der Waals surface area contributed by atoms with Crippen molar-refractivity contribution in [1.29, 1.82) is 0 Å². The van der Waals surface area contributed by atoms with Crippen molar-refractivity contribution in [2.75, 3.05) is 5.32 Å². The maximum atomic E-state index is 5.93. The maximum absolute atomic E-state index is 5.93. The molecule has 0 heterocycles. The van der Waals surface area contributed by atoms with Crippen LogP contribution in [-0.2, 0) is 19.8 Å². The van der Waals surface area contributed by atoms with E-state index < -0.39 is 0 Å². The second-order valence-electron chi connectivity index (χ2n) is 7.21. The van der Waals surface area contributed by atoms with E-state index in [1.54, 1.807) is 0 Å². The molecule has 4 aromatic carbocycles. The van der Waals surface area contributed by atoms with Gasteiger partial charge in [-0.05, 0) is 65.2 Å². The van der Waals surface area contributed by atoms with Gasteiger partial charge in [0.1, 0.15) is 24.7 Å². The van der Waals surface area contributed by atoms with E-state index in [-0.39, 0.29) is 0 Å². The van der Waals surface area contributed by atoms with E-state index in [1.807, 2.05) is 66.7 Å². The summed E-state index contributed by atoms with van der Waals surface area (Å²) in [6.45, 7) is 1.83. The fourth-order valence-electron chi connectivity index (χ4n) is 3.06. The van der Waals surface area contributed by atoms with Gasteiger partial charge in [-0.2, -0.15) is 0 Å². The summed E-state index contributed by atoms with van der Waals surface area (Å²) in [5.41, 5.74) is 4.52. The second kappa shape index (κ2) is 10.6. The Morgan fingerprint density at radius 1 is 0.548 bits per heavy atom. The van der Waals surface area contributed by atoms with Crippen LogP contribution in [0.5, 0.6) is 11.5 Å². The standard InChI is InChI=1S/C27H24ClNO2/c28-24-10-6-21(7-11-24)18-29-25-12-8-23(9-13-25)20-31-27-16-14-26(15-17-27)30-19-22-4-2-1-3-5-22/h1-17,29H,18-20H2. The summed E-state index contributed by atoms with van der Waals surface area (Å²) in [5.74, 6) is 1.64. The molecule has 0 bridgehead atoms. The molecule has 0 aliphatic heterocycles. The lowest BCUT2D eigenvalue weighted by atomic mass is 10.2. The lowest BCUT2D eigenvalue weighted by Crippen LogP contribution is -2.00. The van der Waals surface area contributed by atoms with Gasteiger partial charge in [0.25, 0.3) is 0 Å². The number of ether oxygens (including phenoxy) is 2. The van der Waals surface area contributed by atoms with Crippen LogP contribution in [0.3, 0.4) is 0 Å². The van der Waals surface area contributed by atoms with Crippen LogP contribution in [0.1, 0.15) is 16.7 Å². The van der Waals surface area contributed by atoms with Gasteiger partial charge in [-0.1, -0.05) is 66.2 Å². The zero-order valence-electron chi connectivity index (χ0n) is 17.1. The molecule has 4 rings (SSSR count). The fourth-order valence-corrected chi connectivity index (χ4v) is 3.19. The summed E-state index contributed by atoms with van der Waals surface area (Å²) in [4.78, 5) is 0. The summed E-state index contributed by atoms with van der Waals surface area (Å²) in [6, 6.07) is 34.0. The smallest absolute Gasteiger partial charge is 0.120 e. The predicted molar refractivity (Wildman–Crippen MR) is 127 cm³/mol. The Kier molecular flexibility index (Phi) is 7.09.